The number of rotatable bonds is 7. The Morgan fingerprint density at radius 1 is 1.14 bits per heavy atom. The van der Waals surface area contributed by atoms with Gasteiger partial charge in [-0.3, -0.25) is 9.69 Å². The van der Waals surface area contributed by atoms with E-state index in [1.807, 2.05) is 26.2 Å². The number of carbonyl (C=O) groups excluding carboxylic acids is 1. The van der Waals surface area contributed by atoms with Gasteiger partial charge in [-0.1, -0.05) is 13.8 Å². The first-order valence-corrected chi connectivity index (χ1v) is 11.9. The standard InChI is InChI=1S/C23H38N4OS/c1-15(2)22(28)9-17-5-7-18(8-6-17)19-11-24-23(25-12-19)26-20-10-21(29)14-27(13-20)16(3)4/h11-12,15-18,20-21,29H,5-10,13-14H2,1-4H3,(H,24,25,26). The molecule has 6 heteroatoms. The average Bonchev–Trinajstić information content (AvgIpc) is 2.68. The van der Waals surface area contributed by atoms with Crippen LogP contribution in [0, 0.1) is 11.8 Å². The summed E-state index contributed by atoms with van der Waals surface area (Å²) in [7, 11) is 0. The molecule has 0 aromatic carbocycles. The second-order valence-corrected chi connectivity index (χ2v) is 10.4. The largest absolute Gasteiger partial charge is 0.350 e. The lowest BCUT2D eigenvalue weighted by molar-refractivity contribution is -0.123. The van der Waals surface area contributed by atoms with Gasteiger partial charge in [-0.2, -0.15) is 12.6 Å². The molecule has 0 amide bonds. The molecule has 1 saturated heterocycles. The minimum absolute atomic E-state index is 0.163. The molecule has 2 unspecified atom stereocenters. The van der Waals surface area contributed by atoms with Crippen molar-refractivity contribution >= 4 is 24.4 Å². The molecule has 1 N–H and O–H groups in total. The second kappa shape index (κ2) is 10.3. The molecule has 0 radical (unpaired) electrons. The van der Waals surface area contributed by atoms with Crippen LogP contribution in [0.25, 0.3) is 0 Å². The van der Waals surface area contributed by atoms with Crippen LogP contribution in [0.5, 0.6) is 0 Å². The van der Waals surface area contributed by atoms with E-state index in [0.717, 1.165) is 57.6 Å². The molecule has 5 nitrogen and oxygen atoms in total. The van der Waals surface area contributed by atoms with Crippen molar-refractivity contribution in [2.75, 3.05) is 18.4 Å². The molecule has 1 aromatic heterocycles. The summed E-state index contributed by atoms with van der Waals surface area (Å²) in [5, 5.41) is 3.90. The summed E-state index contributed by atoms with van der Waals surface area (Å²) in [6, 6.07) is 0.872. The Balaban J connectivity index is 1.50. The van der Waals surface area contributed by atoms with E-state index in [2.05, 4.69) is 34.0 Å². The zero-order chi connectivity index (χ0) is 21.0. The van der Waals surface area contributed by atoms with Crippen LogP contribution in [0.15, 0.2) is 12.4 Å². The third kappa shape index (κ3) is 6.42. The number of hydrogen-bond acceptors (Lipinski definition) is 6. The lowest BCUT2D eigenvalue weighted by Crippen LogP contribution is -2.49. The van der Waals surface area contributed by atoms with E-state index < -0.39 is 0 Å². The van der Waals surface area contributed by atoms with Gasteiger partial charge in [0.05, 0.1) is 0 Å². The average molecular weight is 419 g/mol. The summed E-state index contributed by atoms with van der Waals surface area (Å²) in [6.07, 6.45) is 10.3. The van der Waals surface area contributed by atoms with Crippen molar-refractivity contribution in [2.24, 2.45) is 11.8 Å². The fourth-order valence-electron chi connectivity index (χ4n) is 4.66. The number of likely N-dealkylation sites (tertiary alicyclic amines) is 1. The van der Waals surface area contributed by atoms with Gasteiger partial charge in [0, 0.05) is 55.2 Å². The molecule has 2 atom stereocenters. The number of anilines is 1. The highest BCUT2D eigenvalue weighted by Crippen LogP contribution is 2.37. The highest BCUT2D eigenvalue weighted by Gasteiger charge is 2.28. The van der Waals surface area contributed by atoms with Crippen LogP contribution in [-0.4, -0.2) is 51.1 Å². The van der Waals surface area contributed by atoms with Crippen LogP contribution in [-0.2, 0) is 4.79 Å². The van der Waals surface area contributed by atoms with E-state index in [1.165, 1.54) is 5.56 Å². The summed E-state index contributed by atoms with van der Waals surface area (Å²) in [6.45, 7) is 10.5. The van der Waals surface area contributed by atoms with Crippen molar-refractivity contribution in [3.63, 3.8) is 0 Å². The fraction of sp³-hybridized carbons (Fsp3) is 0.783. The predicted molar refractivity (Wildman–Crippen MR) is 123 cm³/mol. The maximum Gasteiger partial charge on any atom is 0.222 e. The zero-order valence-electron chi connectivity index (χ0n) is 18.5. The molecule has 1 aliphatic heterocycles. The Hall–Kier alpha value is -1.14. The molecule has 162 valence electrons. The minimum atomic E-state index is 0.163. The molecule has 2 aliphatic rings. The maximum absolute atomic E-state index is 12.0. The number of hydrogen-bond donors (Lipinski definition) is 2. The van der Waals surface area contributed by atoms with Crippen LogP contribution in [0.4, 0.5) is 5.95 Å². The number of piperidine rings is 1. The summed E-state index contributed by atoms with van der Waals surface area (Å²) in [5.41, 5.74) is 1.24. The van der Waals surface area contributed by atoms with Crippen LogP contribution in [0.1, 0.15) is 77.7 Å². The number of thiol groups is 1. The van der Waals surface area contributed by atoms with Gasteiger partial charge in [0.2, 0.25) is 5.95 Å². The number of ketones is 1. The molecule has 29 heavy (non-hydrogen) atoms. The third-order valence-electron chi connectivity index (χ3n) is 6.64. The van der Waals surface area contributed by atoms with Gasteiger partial charge >= 0.3 is 0 Å². The number of carbonyl (C=O) groups is 1. The first-order chi connectivity index (χ1) is 13.8. The Bertz CT molecular complexity index is 655. The summed E-state index contributed by atoms with van der Waals surface area (Å²) in [4.78, 5) is 23.7. The van der Waals surface area contributed by atoms with Gasteiger partial charge in [0.15, 0.2) is 0 Å². The van der Waals surface area contributed by atoms with Gasteiger partial charge < -0.3 is 5.32 Å². The minimum Gasteiger partial charge on any atom is -0.350 e. The van der Waals surface area contributed by atoms with Crippen LogP contribution < -0.4 is 5.32 Å². The molecule has 0 spiro atoms. The Morgan fingerprint density at radius 3 is 2.38 bits per heavy atom. The van der Waals surface area contributed by atoms with Crippen molar-refractivity contribution in [1.29, 1.82) is 0 Å². The van der Waals surface area contributed by atoms with Crippen molar-refractivity contribution in [1.82, 2.24) is 14.9 Å². The number of nitrogens with one attached hydrogen (secondary N) is 1. The molecular weight excluding hydrogens is 380 g/mol. The zero-order valence-corrected chi connectivity index (χ0v) is 19.4. The summed E-state index contributed by atoms with van der Waals surface area (Å²) < 4.78 is 0. The van der Waals surface area contributed by atoms with Gasteiger partial charge in [0.25, 0.3) is 0 Å². The molecule has 0 bridgehead atoms. The van der Waals surface area contributed by atoms with Crippen molar-refractivity contribution in [2.45, 2.75) is 89.5 Å². The predicted octanol–water partition coefficient (Wildman–Crippen LogP) is 4.56. The van der Waals surface area contributed by atoms with E-state index >= 15 is 0 Å². The second-order valence-electron chi connectivity index (χ2n) is 9.66. The topological polar surface area (TPSA) is 58.1 Å². The molecule has 2 fully saturated rings. The first-order valence-electron chi connectivity index (χ1n) is 11.3. The van der Waals surface area contributed by atoms with Crippen molar-refractivity contribution < 1.29 is 4.79 Å². The Morgan fingerprint density at radius 2 is 1.79 bits per heavy atom. The van der Waals surface area contributed by atoms with E-state index in [-0.39, 0.29) is 5.92 Å². The van der Waals surface area contributed by atoms with Crippen LogP contribution >= 0.6 is 12.6 Å². The summed E-state index contributed by atoms with van der Waals surface area (Å²) >= 11 is 4.72. The van der Waals surface area contributed by atoms with Gasteiger partial charge in [-0.15, -0.1) is 0 Å². The monoisotopic (exact) mass is 418 g/mol. The Kier molecular flexibility index (Phi) is 7.97. The lowest BCUT2D eigenvalue weighted by Gasteiger charge is -2.38. The number of nitrogens with zero attached hydrogens (tertiary/aromatic N) is 3. The van der Waals surface area contributed by atoms with E-state index in [4.69, 9.17) is 12.6 Å². The SMILES string of the molecule is CC(C)C(=O)CC1CCC(c2cnc(NC3CC(S)CN(C(C)C)C3)nc2)CC1. The number of aromatic nitrogens is 2. The molecular formula is C23H38N4OS. The Labute approximate surface area is 181 Å². The number of Topliss-reactive ketones (excluding diaryl/α,β-unsaturated/α-hetero) is 1. The third-order valence-corrected chi connectivity index (χ3v) is 7.02. The quantitative estimate of drug-likeness (QED) is 0.636. The molecule has 3 rings (SSSR count). The smallest absolute Gasteiger partial charge is 0.222 e. The molecule has 2 heterocycles. The maximum atomic E-state index is 12.0. The van der Waals surface area contributed by atoms with E-state index in [0.29, 0.717) is 35.0 Å². The molecule has 1 aromatic rings. The van der Waals surface area contributed by atoms with E-state index in [1.54, 1.807) is 0 Å². The van der Waals surface area contributed by atoms with Crippen LogP contribution in [0.3, 0.4) is 0 Å². The van der Waals surface area contributed by atoms with Gasteiger partial charge in [-0.05, 0) is 63.4 Å². The van der Waals surface area contributed by atoms with Gasteiger partial charge in [0.1, 0.15) is 5.78 Å². The molecule has 1 saturated carbocycles. The lowest BCUT2D eigenvalue weighted by atomic mass is 9.77. The highest BCUT2D eigenvalue weighted by atomic mass is 32.1. The fourth-order valence-corrected chi connectivity index (χ4v) is 5.12. The van der Waals surface area contributed by atoms with Gasteiger partial charge in [-0.25, -0.2) is 9.97 Å². The summed E-state index contributed by atoms with van der Waals surface area (Å²) in [5.74, 6) is 2.39. The van der Waals surface area contributed by atoms with Crippen molar-refractivity contribution in [3.8, 4) is 0 Å². The highest BCUT2D eigenvalue weighted by molar-refractivity contribution is 7.81. The van der Waals surface area contributed by atoms with Crippen molar-refractivity contribution in [3.05, 3.63) is 18.0 Å². The molecule has 1 aliphatic carbocycles. The first kappa shape index (κ1) is 22.5. The van der Waals surface area contributed by atoms with Crippen LogP contribution in [0.2, 0.25) is 0 Å². The normalized spacial score (nSPS) is 28.7. The van der Waals surface area contributed by atoms with E-state index in [9.17, 15) is 4.79 Å².